The lowest BCUT2D eigenvalue weighted by molar-refractivity contribution is 0.530. The zero-order chi connectivity index (χ0) is 7.40. The van der Waals surface area contributed by atoms with Crippen molar-refractivity contribution in [2.24, 2.45) is 5.92 Å². The van der Waals surface area contributed by atoms with Crippen molar-refractivity contribution in [3.63, 3.8) is 0 Å². The van der Waals surface area contributed by atoms with Crippen LogP contribution in [0.2, 0.25) is 0 Å². The number of rotatable bonds is 3. The van der Waals surface area contributed by atoms with Gasteiger partial charge in [-0.2, -0.15) is 11.8 Å². The van der Waals surface area contributed by atoms with E-state index < -0.39 is 0 Å². The van der Waals surface area contributed by atoms with Crippen LogP contribution in [-0.4, -0.2) is 16.3 Å². The second-order valence-electron chi connectivity index (χ2n) is 2.97. The minimum Gasteiger partial charge on any atom is -0.162 e. The van der Waals surface area contributed by atoms with E-state index >= 15 is 0 Å². The predicted octanol–water partition coefficient (Wildman–Crippen LogP) is 3.30. The quantitative estimate of drug-likeness (QED) is 0.661. The Hall–Kier alpha value is 0.830. The highest BCUT2D eigenvalue weighted by atomic mass is 79.9. The third-order valence-electron chi connectivity index (χ3n) is 2.06. The van der Waals surface area contributed by atoms with E-state index in [0.717, 1.165) is 10.7 Å². The van der Waals surface area contributed by atoms with E-state index in [1.165, 1.54) is 30.8 Å². The van der Waals surface area contributed by atoms with Gasteiger partial charge in [0, 0.05) is 4.83 Å². The average molecular weight is 223 g/mol. The molecule has 0 saturated carbocycles. The van der Waals surface area contributed by atoms with Crippen LogP contribution in [0.1, 0.15) is 26.2 Å². The van der Waals surface area contributed by atoms with Crippen molar-refractivity contribution >= 4 is 27.7 Å². The minimum atomic E-state index is 0.774. The Morgan fingerprint density at radius 2 is 2.50 bits per heavy atom. The summed E-state index contributed by atoms with van der Waals surface area (Å²) >= 11 is 5.79. The molecular formula is C8H15BrS. The Kier molecular flexibility index (Phi) is 4.15. The zero-order valence-electron chi connectivity index (χ0n) is 6.48. The van der Waals surface area contributed by atoms with Gasteiger partial charge in [0.25, 0.3) is 0 Å². The smallest absolute Gasteiger partial charge is 0.0146 e. The largest absolute Gasteiger partial charge is 0.162 e. The van der Waals surface area contributed by atoms with Crippen molar-refractivity contribution in [1.29, 1.82) is 0 Å². The Morgan fingerprint density at radius 1 is 1.70 bits per heavy atom. The van der Waals surface area contributed by atoms with Crippen LogP contribution in [0, 0.1) is 5.92 Å². The molecule has 0 N–H and O–H groups in total. The molecular weight excluding hydrogens is 208 g/mol. The highest BCUT2D eigenvalue weighted by Gasteiger charge is 2.17. The van der Waals surface area contributed by atoms with Crippen LogP contribution < -0.4 is 0 Å². The maximum absolute atomic E-state index is 3.68. The van der Waals surface area contributed by atoms with E-state index in [4.69, 9.17) is 0 Å². The van der Waals surface area contributed by atoms with Crippen LogP contribution in [0.3, 0.4) is 0 Å². The number of alkyl halides is 1. The monoisotopic (exact) mass is 222 g/mol. The minimum absolute atomic E-state index is 0.774. The molecule has 0 aliphatic carbocycles. The van der Waals surface area contributed by atoms with Crippen molar-refractivity contribution in [3.8, 4) is 0 Å². The summed E-state index contributed by atoms with van der Waals surface area (Å²) in [6, 6.07) is 0. The molecule has 0 amide bonds. The summed E-state index contributed by atoms with van der Waals surface area (Å²) in [4.78, 5) is 0.774. The number of hydrogen-bond donors (Lipinski definition) is 0. The van der Waals surface area contributed by atoms with Gasteiger partial charge in [0.2, 0.25) is 0 Å². The van der Waals surface area contributed by atoms with Crippen LogP contribution in [0.15, 0.2) is 0 Å². The van der Waals surface area contributed by atoms with Gasteiger partial charge in [0.15, 0.2) is 0 Å². The summed E-state index contributed by atoms with van der Waals surface area (Å²) in [5.41, 5.74) is 0. The second-order valence-corrected chi connectivity index (χ2v) is 5.42. The van der Waals surface area contributed by atoms with Crippen molar-refractivity contribution in [2.45, 2.75) is 31.0 Å². The molecule has 60 valence electrons. The summed E-state index contributed by atoms with van der Waals surface area (Å²) in [5, 5.41) is 0. The van der Waals surface area contributed by atoms with Gasteiger partial charge in [-0.05, 0) is 36.7 Å². The summed E-state index contributed by atoms with van der Waals surface area (Å²) in [7, 11) is 0. The molecule has 0 nitrogen and oxygen atoms in total. The molecule has 1 saturated heterocycles. The number of hydrogen-bond acceptors (Lipinski definition) is 1. The molecule has 1 rings (SSSR count). The Morgan fingerprint density at radius 3 is 3.00 bits per heavy atom. The Balaban J connectivity index is 2.11. The van der Waals surface area contributed by atoms with E-state index in [0.29, 0.717) is 0 Å². The number of halogens is 1. The van der Waals surface area contributed by atoms with Gasteiger partial charge in [0.05, 0.1) is 0 Å². The molecule has 0 aromatic carbocycles. The SMILES string of the molecule is CCC(Br)CC1CCSC1. The molecule has 0 spiro atoms. The first kappa shape index (κ1) is 8.92. The van der Waals surface area contributed by atoms with Gasteiger partial charge in [0.1, 0.15) is 0 Å². The maximum atomic E-state index is 3.68. The van der Waals surface area contributed by atoms with Gasteiger partial charge < -0.3 is 0 Å². The highest BCUT2D eigenvalue weighted by molar-refractivity contribution is 9.09. The fourth-order valence-corrected chi connectivity index (χ4v) is 3.13. The fourth-order valence-electron chi connectivity index (χ4n) is 1.30. The van der Waals surface area contributed by atoms with E-state index in [1.54, 1.807) is 0 Å². The summed E-state index contributed by atoms with van der Waals surface area (Å²) in [5.74, 6) is 3.81. The molecule has 2 unspecified atom stereocenters. The molecule has 2 heteroatoms. The third-order valence-corrected chi connectivity index (χ3v) is 4.31. The Bertz CT molecular complexity index is 89.3. The van der Waals surface area contributed by atoms with Gasteiger partial charge in [-0.25, -0.2) is 0 Å². The van der Waals surface area contributed by atoms with Crippen molar-refractivity contribution < 1.29 is 0 Å². The summed E-state index contributed by atoms with van der Waals surface area (Å²) in [6.07, 6.45) is 4.12. The molecule has 1 fully saturated rings. The van der Waals surface area contributed by atoms with Crippen molar-refractivity contribution in [3.05, 3.63) is 0 Å². The molecule has 1 heterocycles. The van der Waals surface area contributed by atoms with Crippen LogP contribution >= 0.6 is 27.7 Å². The molecule has 0 aromatic rings. The first-order valence-electron chi connectivity index (χ1n) is 4.04. The lowest BCUT2D eigenvalue weighted by Crippen LogP contribution is -2.06. The summed E-state index contributed by atoms with van der Waals surface area (Å²) in [6.45, 7) is 2.25. The predicted molar refractivity (Wildman–Crippen MR) is 53.1 cm³/mol. The van der Waals surface area contributed by atoms with Crippen LogP contribution in [-0.2, 0) is 0 Å². The highest BCUT2D eigenvalue weighted by Crippen LogP contribution is 2.29. The Labute approximate surface area is 76.3 Å². The topological polar surface area (TPSA) is 0 Å². The molecule has 10 heavy (non-hydrogen) atoms. The van der Waals surface area contributed by atoms with Gasteiger partial charge in [-0.3, -0.25) is 0 Å². The molecule has 0 radical (unpaired) electrons. The molecule has 0 aromatic heterocycles. The van der Waals surface area contributed by atoms with E-state index in [2.05, 4.69) is 34.6 Å². The van der Waals surface area contributed by atoms with Crippen LogP contribution in [0.5, 0.6) is 0 Å². The second kappa shape index (κ2) is 4.66. The zero-order valence-corrected chi connectivity index (χ0v) is 8.88. The van der Waals surface area contributed by atoms with Crippen molar-refractivity contribution in [1.82, 2.24) is 0 Å². The van der Waals surface area contributed by atoms with E-state index in [1.807, 2.05) is 0 Å². The van der Waals surface area contributed by atoms with Crippen LogP contribution in [0.4, 0.5) is 0 Å². The standard InChI is InChI=1S/C8H15BrS/c1-2-8(9)5-7-3-4-10-6-7/h7-8H,2-6H2,1H3. The van der Waals surface area contributed by atoms with E-state index in [-0.39, 0.29) is 0 Å². The maximum Gasteiger partial charge on any atom is 0.0146 e. The third kappa shape index (κ3) is 2.83. The van der Waals surface area contributed by atoms with Crippen LogP contribution in [0.25, 0.3) is 0 Å². The van der Waals surface area contributed by atoms with E-state index in [9.17, 15) is 0 Å². The van der Waals surface area contributed by atoms with Gasteiger partial charge in [-0.1, -0.05) is 22.9 Å². The molecule has 2 atom stereocenters. The average Bonchev–Trinajstić information content (AvgIpc) is 2.40. The normalized spacial score (nSPS) is 28.8. The molecule has 0 bridgehead atoms. The molecule has 1 aliphatic heterocycles. The summed E-state index contributed by atoms with van der Waals surface area (Å²) < 4.78 is 0. The first-order valence-corrected chi connectivity index (χ1v) is 6.11. The number of thioether (sulfide) groups is 1. The first-order chi connectivity index (χ1) is 4.83. The van der Waals surface area contributed by atoms with Gasteiger partial charge >= 0.3 is 0 Å². The lowest BCUT2D eigenvalue weighted by Gasteiger charge is -2.11. The lowest BCUT2D eigenvalue weighted by atomic mass is 10.0. The van der Waals surface area contributed by atoms with Crippen molar-refractivity contribution in [2.75, 3.05) is 11.5 Å². The molecule has 1 aliphatic rings. The fraction of sp³-hybridized carbons (Fsp3) is 1.00. The van der Waals surface area contributed by atoms with Gasteiger partial charge in [-0.15, -0.1) is 0 Å².